The van der Waals surface area contributed by atoms with Gasteiger partial charge in [-0.05, 0) is 0 Å². The number of carbonyl (C=O) groups excluding carboxylic acids is 12. The molecule has 424 valence electrons. The molecule has 5 aromatic carbocycles. The Bertz CT molecular complexity index is 3310. The van der Waals surface area contributed by atoms with Crippen LogP contribution in [0.1, 0.15) is 86.5 Å². The molecule has 0 aliphatic rings. The van der Waals surface area contributed by atoms with Crippen molar-refractivity contribution in [3.63, 3.8) is 0 Å². The fourth-order valence-electron chi connectivity index (χ4n) is 6.97. The lowest BCUT2D eigenvalue weighted by molar-refractivity contribution is -0.133. The highest BCUT2D eigenvalue weighted by Crippen LogP contribution is 2.56. The van der Waals surface area contributed by atoms with Crippen LogP contribution in [0.2, 0.25) is 0 Å². The van der Waals surface area contributed by atoms with E-state index in [4.69, 9.17) is 71.1 Å². The van der Waals surface area contributed by atoms with Gasteiger partial charge in [0.15, 0.2) is 34.5 Å². The summed E-state index contributed by atoms with van der Waals surface area (Å²) in [5.41, 5.74) is -1.83. The van der Waals surface area contributed by atoms with Crippen molar-refractivity contribution in [1.82, 2.24) is 0 Å². The summed E-state index contributed by atoms with van der Waals surface area (Å²) in [5, 5.41) is 0. The van der Waals surface area contributed by atoms with Crippen LogP contribution in [0.25, 0.3) is 11.1 Å². The Morgan fingerprint density at radius 2 is 0.494 bits per heavy atom. The number of carbonyl (C=O) groups is 12. The molecule has 0 N–H and O–H groups in total. The fraction of sp³-hybridized carbons (Fsp3) is 0.222. The summed E-state index contributed by atoms with van der Waals surface area (Å²) in [5.74, 6) is -21.2. The molecule has 0 heterocycles. The molecule has 0 saturated carbocycles. The van der Waals surface area contributed by atoms with Gasteiger partial charge in [0.05, 0.1) is 23.8 Å². The van der Waals surface area contributed by atoms with Gasteiger partial charge in [-0.15, -0.1) is 0 Å². The molecule has 27 heteroatoms. The Balaban J connectivity index is 1.86. The molecule has 0 aliphatic carbocycles. The summed E-state index contributed by atoms with van der Waals surface area (Å²) in [4.78, 5) is 152. The summed E-state index contributed by atoms with van der Waals surface area (Å²) >= 11 is 0. The maximum absolute atomic E-state index is 13.8. The second-order valence-electron chi connectivity index (χ2n) is 16.2. The predicted octanol–water partition coefficient (Wildman–Crippen LogP) is 7.70. The Hall–Kier alpha value is -10.9. The molecule has 81 heavy (non-hydrogen) atoms. The smallest absolute Gasteiger partial charge is 0.338 e. The molecule has 0 aliphatic heterocycles. The van der Waals surface area contributed by atoms with E-state index in [2.05, 4.69) is 0 Å². The zero-order valence-electron chi connectivity index (χ0n) is 44.8. The van der Waals surface area contributed by atoms with Crippen LogP contribution in [0.15, 0.2) is 60.7 Å². The molecule has 0 amide bonds. The van der Waals surface area contributed by atoms with Crippen LogP contribution < -0.4 is 66.3 Å². The second kappa shape index (κ2) is 26.5. The standard InChI is InChI=1S/C54H46O27/c1-23(55)68-34-13-35(69-24(2)56)15-36(14-34)79-50-43(73-28(6)60)18-38(19-44(50)74-29(7)61)80-51-45(75-30(8)62)20-39(21-46(51)76-31(9)63)81-52-47(77-32(10)64)22-40(54(66)67-12)48(53(52)78-33(11)65)49-41(71-26(4)58)16-37(70-25(3)57)17-42(49)72-27(5)59/h13-22H,1-12H3. The van der Waals surface area contributed by atoms with E-state index < -0.39 is 163 Å². The molecule has 0 saturated heterocycles. The van der Waals surface area contributed by atoms with E-state index in [1.165, 1.54) is 6.07 Å². The monoisotopic (exact) mass is 1130 g/mol. The lowest BCUT2D eigenvalue weighted by Crippen LogP contribution is -2.14. The highest BCUT2D eigenvalue weighted by molar-refractivity contribution is 6.05. The molecule has 5 rings (SSSR count). The average molecular weight is 1130 g/mol. The van der Waals surface area contributed by atoms with Crippen LogP contribution >= 0.6 is 0 Å². The third-order valence-corrected chi connectivity index (χ3v) is 9.20. The van der Waals surface area contributed by atoms with Gasteiger partial charge < -0.3 is 71.1 Å². The SMILES string of the molecule is COC(=O)c1cc(OC(C)=O)c(Oc2cc(OC(C)=O)c(Oc3cc(OC(C)=O)c(Oc4cc(OC(C)=O)cc(OC(C)=O)c4)c(OC(C)=O)c3)c(OC(C)=O)c2)c(OC(C)=O)c1-c1c(OC(C)=O)cc(OC(C)=O)cc1OC(C)=O. The molecule has 5 aromatic rings. The van der Waals surface area contributed by atoms with Crippen LogP contribution in [0.5, 0.6) is 97.7 Å². The van der Waals surface area contributed by atoms with E-state index in [1.54, 1.807) is 0 Å². The van der Waals surface area contributed by atoms with Crippen molar-refractivity contribution in [3.8, 4) is 109 Å². The summed E-state index contributed by atoms with van der Waals surface area (Å²) in [6.45, 7) is 10.8. The maximum atomic E-state index is 13.8. The first-order chi connectivity index (χ1) is 38.0. The molecule has 0 unspecified atom stereocenters. The minimum Gasteiger partial charge on any atom is -0.465 e. The minimum atomic E-state index is -1.25. The molecular weight excluding hydrogens is 1080 g/mol. The van der Waals surface area contributed by atoms with Crippen molar-refractivity contribution >= 4 is 71.6 Å². The first-order valence-corrected chi connectivity index (χ1v) is 23.1. The van der Waals surface area contributed by atoms with E-state index in [0.29, 0.717) is 0 Å². The van der Waals surface area contributed by atoms with Gasteiger partial charge in [0.25, 0.3) is 0 Å². The number of hydrogen-bond acceptors (Lipinski definition) is 27. The molecule has 0 bridgehead atoms. The number of rotatable bonds is 19. The average Bonchev–Trinajstić information content (AvgIpc) is 3.52. The number of hydrogen-bond donors (Lipinski definition) is 0. The number of ether oxygens (including phenoxy) is 15. The Morgan fingerprint density at radius 1 is 0.247 bits per heavy atom. The molecule has 0 atom stereocenters. The van der Waals surface area contributed by atoms with E-state index in [-0.39, 0.29) is 23.0 Å². The summed E-state index contributed by atoms with van der Waals surface area (Å²) in [6, 6.07) is 10.1. The molecule has 0 aromatic heterocycles. The van der Waals surface area contributed by atoms with Crippen molar-refractivity contribution in [2.24, 2.45) is 0 Å². The van der Waals surface area contributed by atoms with Gasteiger partial charge in [-0.25, -0.2) is 4.79 Å². The minimum absolute atomic E-state index is 0.180. The normalized spacial score (nSPS) is 10.3. The molecule has 0 fully saturated rings. The van der Waals surface area contributed by atoms with Crippen molar-refractivity contribution < 1.29 is 129 Å². The first-order valence-electron chi connectivity index (χ1n) is 23.1. The largest absolute Gasteiger partial charge is 0.465 e. The van der Waals surface area contributed by atoms with Crippen LogP contribution in [-0.4, -0.2) is 78.7 Å². The van der Waals surface area contributed by atoms with Crippen LogP contribution in [0.4, 0.5) is 0 Å². The van der Waals surface area contributed by atoms with Gasteiger partial charge in [0, 0.05) is 137 Å². The molecule has 0 spiro atoms. The molecule has 27 nitrogen and oxygen atoms in total. The van der Waals surface area contributed by atoms with Crippen molar-refractivity contribution in [2.75, 3.05) is 7.11 Å². The van der Waals surface area contributed by atoms with Crippen molar-refractivity contribution in [3.05, 3.63) is 66.2 Å². The van der Waals surface area contributed by atoms with Gasteiger partial charge >= 0.3 is 71.6 Å². The van der Waals surface area contributed by atoms with Crippen LogP contribution in [0, 0.1) is 0 Å². The van der Waals surface area contributed by atoms with E-state index >= 15 is 0 Å². The summed E-state index contributed by atoms with van der Waals surface area (Å²) < 4.78 is 83.0. The fourth-order valence-corrected chi connectivity index (χ4v) is 6.97. The Morgan fingerprint density at radius 3 is 0.802 bits per heavy atom. The third-order valence-electron chi connectivity index (χ3n) is 9.20. The van der Waals surface area contributed by atoms with Gasteiger partial charge in [0.2, 0.25) is 17.2 Å². The molecular formula is C54H46O27. The second-order valence-corrected chi connectivity index (χ2v) is 16.2. The lowest BCUT2D eigenvalue weighted by atomic mass is 9.95. The quantitative estimate of drug-likeness (QED) is 0.0564. The maximum Gasteiger partial charge on any atom is 0.338 e. The van der Waals surface area contributed by atoms with E-state index in [1.807, 2.05) is 0 Å². The first kappa shape index (κ1) is 61.0. The van der Waals surface area contributed by atoms with Gasteiger partial charge in [-0.3, -0.25) is 52.7 Å². The van der Waals surface area contributed by atoms with Gasteiger partial charge in [0.1, 0.15) is 46.0 Å². The zero-order chi connectivity index (χ0) is 60.2. The predicted molar refractivity (Wildman–Crippen MR) is 267 cm³/mol. The van der Waals surface area contributed by atoms with Gasteiger partial charge in [-0.2, -0.15) is 0 Å². The number of esters is 12. The van der Waals surface area contributed by atoms with Gasteiger partial charge in [-0.1, -0.05) is 0 Å². The van der Waals surface area contributed by atoms with E-state index in [9.17, 15) is 57.5 Å². The van der Waals surface area contributed by atoms with E-state index in [0.717, 1.165) is 138 Å². The topological polar surface area (TPSA) is 343 Å². The third kappa shape index (κ3) is 17.1. The van der Waals surface area contributed by atoms with Crippen LogP contribution in [0.3, 0.4) is 0 Å². The van der Waals surface area contributed by atoms with Crippen LogP contribution in [-0.2, 0) is 57.5 Å². The number of methoxy groups -OCH3 is 1. The highest BCUT2D eigenvalue weighted by Gasteiger charge is 2.35. The zero-order valence-corrected chi connectivity index (χ0v) is 44.8. The highest BCUT2D eigenvalue weighted by atomic mass is 16.6. The molecule has 0 radical (unpaired) electrons. The number of benzene rings is 5. The summed E-state index contributed by atoms with van der Waals surface area (Å²) in [6.07, 6.45) is 0. The van der Waals surface area contributed by atoms with Crippen molar-refractivity contribution in [1.29, 1.82) is 0 Å². The lowest BCUT2D eigenvalue weighted by Gasteiger charge is -2.23. The van der Waals surface area contributed by atoms with Crippen molar-refractivity contribution in [2.45, 2.75) is 76.2 Å². The summed E-state index contributed by atoms with van der Waals surface area (Å²) in [7, 11) is 0.933. The Labute approximate surface area is 457 Å². The Kier molecular flexibility index (Phi) is 19.9.